The van der Waals surface area contributed by atoms with Crippen LogP contribution in [0.2, 0.25) is 0 Å². The van der Waals surface area contributed by atoms with Gasteiger partial charge in [-0.1, -0.05) is 6.92 Å². The quantitative estimate of drug-likeness (QED) is 0.908. The second-order valence-corrected chi connectivity index (χ2v) is 6.97. The third-order valence-corrected chi connectivity index (χ3v) is 4.87. The van der Waals surface area contributed by atoms with Gasteiger partial charge in [-0.15, -0.1) is 0 Å². The lowest BCUT2D eigenvalue weighted by Crippen LogP contribution is -2.46. The number of rotatable bonds is 5. The van der Waals surface area contributed by atoms with Gasteiger partial charge in [-0.3, -0.25) is 10.1 Å². The molecule has 0 saturated carbocycles. The Kier molecular flexibility index (Phi) is 4.23. The van der Waals surface area contributed by atoms with E-state index < -0.39 is 5.54 Å². The maximum Gasteiger partial charge on any atom is 0.244 e. The number of carbonyl (C=O) groups is 1. The summed E-state index contributed by atoms with van der Waals surface area (Å²) in [4.78, 5) is 14.7. The van der Waals surface area contributed by atoms with E-state index in [0.717, 1.165) is 12.0 Å². The Bertz CT molecular complexity index is 472. The van der Waals surface area contributed by atoms with E-state index in [4.69, 9.17) is 4.74 Å². The van der Waals surface area contributed by atoms with Gasteiger partial charge in [-0.05, 0) is 49.6 Å². The maximum atomic E-state index is 12.8. The van der Waals surface area contributed by atoms with E-state index in [1.54, 1.807) is 18.4 Å². The fourth-order valence-electron chi connectivity index (χ4n) is 2.46. The fraction of sp³-hybridized carbons (Fsp3) is 0.667. The van der Waals surface area contributed by atoms with E-state index >= 15 is 0 Å². The summed E-state index contributed by atoms with van der Waals surface area (Å²) in [6.07, 6.45) is 0.712. The molecule has 20 heavy (non-hydrogen) atoms. The number of nitrogens with one attached hydrogen (secondary N) is 1. The minimum absolute atomic E-state index is 0.0619. The van der Waals surface area contributed by atoms with Crippen molar-refractivity contribution in [2.75, 3.05) is 13.7 Å². The van der Waals surface area contributed by atoms with Crippen LogP contribution in [0.15, 0.2) is 16.8 Å². The molecule has 0 aliphatic carbocycles. The molecule has 0 aromatic carbocycles. The lowest BCUT2D eigenvalue weighted by atomic mass is 9.99. The van der Waals surface area contributed by atoms with E-state index in [-0.39, 0.29) is 17.7 Å². The Morgan fingerprint density at radius 3 is 2.75 bits per heavy atom. The zero-order valence-corrected chi connectivity index (χ0v) is 13.7. The molecule has 0 bridgehead atoms. The highest BCUT2D eigenvalue weighted by Gasteiger charge is 2.48. The van der Waals surface area contributed by atoms with Crippen LogP contribution in [0.5, 0.6) is 0 Å². The number of hydrogen-bond acceptors (Lipinski definition) is 4. The molecule has 112 valence electrons. The highest BCUT2D eigenvalue weighted by atomic mass is 32.1. The van der Waals surface area contributed by atoms with E-state index in [1.807, 2.05) is 38.0 Å². The van der Waals surface area contributed by atoms with Gasteiger partial charge in [0.15, 0.2) is 0 Å². The Morgan fingerprint density at radius 2 is 2.25 bits per heavy atom. The molecule has 1 aliphatic rings. The third kappa shape index (κ3) is 2.75. The molecule has 2 rings (SSSR count). The van der Waals surface area contributed by atoms with E-state index in [9.17, 15) is 4.79 Å². The van der Waals surface area contributed by atoms with Crippen LogP contribution in [0.4, 0.5) is 0 Å². The summed E-state index contributed by atoms with van der Waals surface area (Å²) in [5.41, 5.74) is 0.300. The normalized spacial score (nSPS) is 27.4. The van der Waals surface area contributed by atoms with Gasteiger partial charge in [0.2, 0.25) is 5.91 Å². The smallest absolute Gasteiger partial charge is 0.244 e. The molecule has 2 heterocycles. The number of ether oxygens (including phenoxy) is 1. The summed E-state index contributed by atoms with van der Waals surface area (Å²) in [6, 6.07) is 2.07. The van der Waals surface area contributed by atoms with Gasteiger partial charge in [0, 0.05) is 7.11 Å². The molecule has 4 nitrogen and oxygen atoms in total. The molecular formula is C15H24N2O2S. The van der Waals surface area contributed by atoms with Crippen LogP contribution in [0, 0.1) is 0 Å². The van der Waals surface area contributed by atoms with Crippen molar-refractivity contribution in [2.45, 2.75) is 51.4 Å². The standard InChI is InChI=1S/C15H24N2O2S/c1-6-15(4)13(18)17(10-14(2,3)19-5)12(16-15)11-7-8-20-9-11/h7-9,12,16H,6,10H2,1-5H3. The Labute approximate surface area is 125 Å². The number of carbonyl (C=O) groups excluding carboxylic acids is 1. The van der Waals surface area contributed by atoms with Gasteiger partial charge in [-0.25, -0.2) is 0 Å². The summed E-state index contributed by atoms with van der Waals surface area (Å²) in [5.74, 6) is 0.154. The molecule has 1 amide bonds. The maximum absolute atomic E-state index is 12.8. The van der Waals surface area contributed by atoms with Crippen molar-refractivity contribution >= 4 is 17.2 Å². The van der Waals surface area contributed by atoms with Crippen LogP contribution < -0.4 is 5.32 Å². The highest BCUT2D eigenvalue weighted by molar-refractivity contribution is 7.07. The van der Waals surface area contributed by atoms with Crippen LogP contribution >= 0.6 is 11.3 Å². The van der Waals surface area contributed by atoms with Crippen molar-refractivity contribution in [1.29, 1.82) is 0 Å². The summed E-state index contributed by atoms with van der Waals surface area (Å²) in [6.45, 7) is 8.61. The first kappa shape index (κ1) is 15.5. The second kappa shape index (κ2) is 5.47. The first-order valence-electron chi connectivity index (χ1n) is 6.99. The summed E-state index contributed by atoms with van der Waals surface area (Å²) < 4.78 is 5.50. The third-order valence-electron chi connectivity index (χ3n) is 4.17. The lowest BCUT2D eigenvalue weighted by molar-refractivity contribution is -0.136. The van der Waals surface area contributed by atoms with Gasteiger partial charge in [-0.2, -0.15) is 11.3 Å². The SMILES string of the molecule is CCC1(C)NC(c2ccsc2)N(CC(C)(C)OC)C1=O. The van der Waals surface area contributed by atoms with Crippen LogP contribution in [-0.2, 0) is 9.53 Å². The Balaban J connectivity index is 2.31. The average Bonchev–Trinajstić information content (AvgIpc) is 3.02. The van der Waals surface area contributed by atoms with Gasteiger partial charge in [0.05, 0.1) is 17.7 Å². The first-order chi connectivity index (χ1) is 9.33. The molecule has 2 atom stereocenters. The molecule has 1 N–H and O–H groups in total. The van der Waals surface area contributed by atoms with Gasteiger partial charge in [0.1, 0.15) is 6.17 Å². The van der Waals surface area contributed by atoms with E-state index in [2.05, 4.69) is 16.8 Å². The number of nitrogens with zero attached hydrogens (tertiary/aromatic N) is 1. The van der Waals surface area contributed by atoms with Gasteiger partial charge < -0.3 is 9.64 Å². The topological polar surface area (TPSA) is 41.6 Å². The van der Waals surface area contributed by atoms with Crippen molar-refractivity contribution in [2.24, 2.45) is 0 Å². The fourth-order valence-corrected chi connectivity index (χ4v) is 3.14. The molecule has 1 aliphatic heterocycles. The summed E-state index contributed by atoms with van der Waals surface area (Å²) in [5, 5.41) is 7.63. The molecule has 1 saturated heterocycles. The molecule has 2 unspecified atom stereocenters. The monoisotopic (exact) mass is 296 g/mol. The number of thiophene rings is 1. The molecule has 0 spiro atoms. The van der Waals surface area contributed by atoms with Gasteiger partial charge >= 0.3 is 0 Å². The molecule has 1 aromatic rings. The van der Waals surface area contributed by atoms with Crippen LogP contribution in [0.1, 0.15) is 45.8 Å². The Morgan fingerprint density at radius 1 is 1.55 bits per heavy atom. The highest BCUT2D eigenvalue weighted by Crippen LogP contribution is 2.34. The van der Waals surface area contributed by atoms with Crippen LogP contribution in [-0.4, -0.2) is 35.6 Å². The van der Waals surface area contributed by atoms with E-state index in [1.165, 1.54) is 0 Å². The van der Waals surface area contributed by atoms with E-state index in [0.29, 0.717) is 6.54 Å². The molecule has 1 fully saturated rings. The number of hydrogen-bond donors (Lipinski definition) is 1. The van der Waals surface area contributed by atoms with Gasteiger partial charge in [0.25, 0.3) is 0 Å². The predicted molar refractivity (Wildman–Crippen MR) is 81.7 cm³/mol. The molecular weight excluding hydrogens is 272 g/mol. The van der Waals surface area contributed by atoms with Crippen molar-refractivity contribution in [3.05, 3.63) is 22.4 Å². The Hall–Kier alpha value is -0.910. The summed E-state index contributed by atoms with van der Waals surface area (Å²) >= 11 is 1.65. The minimum Gasteiger partial charge on any atom is -0.377 e. The van der Waals surface area contributed by atoms with Crippen molar-refractivity contribution in [3.63, 3.8) is 0 Å². The first-order valence-corrected chi connectivity index (χ1v) is 7.93. The van der Waals surface area contributed by atoms with Crippen molar-refractivity contribution < 1.29 is 9.53 Å². The number of methoxy groups -OCH3 is 1. The lowest BCUT2D eigenvalue weighted by Gasteiger charge is -2.32. The van der Waals surface area contributed by atoms with Crippen molar-refractivity contribution in [3.8, 4) is 0 Å². The van der Waals surface area contributed by atoms with Crippen molar-refractivity contribution in [1.82, 2.24) is 10.2 Å². The van der Waals surface area contributed by atoms with Crippen LogP contribution in [0.3, 0.4) is 0 Å². The predicted octanol–water partition coefficient (Wildman–Crippen LogP) is 2.77. The summed E-state index contributed by atoms with van der Waals surface area (Å²) in [7, 11) is 1.69. The zero-order valence-electron chi connectivity index (χ0n) is 12.9. The number of amides is 1. The largest absolute Gasteiger partial charge is 0.377 e. The second-order valence-electron chi connectivity index (χ2n) is 6.19. The van der Waals surface area contributed by atoms with Crippen LogP contribution in [0.25, 0.3) is 0 Å². The molecule has 5 heteroatoms. The minimum atomic E-state index is -0.490. The average molecular weight is 296 g/mol. The molecule has 1 aromatic heterocycles. The zero-order chi connectivity index (χ0) is 15.0. The molecule has 0 radical (unpaired) electrons.